The zero-order valence-corrected chi connectivity index (χ0v) is 10.8. The van der Waals surface area contributed by atoms with E-state index in [4.69, 9.17) is 10.6 Å². The molecule has 0 aliphatic heterocycles. The maximum absolute atomic E-state index is 5.54. The minimum atomic E-state index is 0.0620. The molecule has 4 nitrogen and oxygen atoms in total. The molecule has 2 atom stereocenters. The second-order valence-electron chi connectivity index (χ2n) is 3.99. The number of nitrogens with zero attached hydrogens (tertiary/aromatic N) is 1. The van der Waals surface area contributed by atoms with Gasteiger partial charge in [0.05, 0.1) is 27.4 Å². The van der Waals surface area contributed by atoms with Crippen LogP contribution in [0.3, 0.4) is 0 Å². The summed E-state index contributed by atoms with van der Waals surface area (Å²) in [5.41, 5.74) is 3.84. The van der Waals surface area contributed by atoms with Gasteiger partial charge in [-0.25, -0.2) is 4.98 Å². The molecule has 0 saturated heterocycles. The summed E-state index contributed by atoms with van der Waals surface area (Å²) in [6, 6.07) is 8.23. The van der Waals surface area contributed by atoms with E-state index in [1.165, 1.54) is 4.70 Å². The van der Waals surface area contributed by atoms with E-state index in [1.807, 2.05) is 25.1 Å². The highest BCUT2D eigenvalue weighted by Crippen LogP contribution is 2.22. The fourth-order valence-electron chi connectivity index (χ4n) is 1.72. The van der Waals surface area contributed by atoms with Gasteiger partial charge in [-0.2, -0.15) is 0 Å². The summed E-state index contributed by atoms with van der Waals surface area (Å²) >= 11 is 1.71. The molecule has 0 aliphatic carbocycles. The standard InChI is InChI=1S/C12H17N3OS/c1-8(16-2)10(15-13)7-12-14-9-5-3-4-6-11(9)17-12/h3-6,8,10,15H,7,13H2,1-2H3. The van der Waals surface area contributed by atoms with Crippen molar-refractivity contribution in [3.63, 3.8) is 0 Å². The molecule has 0 fully saturated rings. The molecule has 0 bridgehead atoms. The van der Waals surface area contributed by atoms with Gasteiger partial charge in [0.1, 0.15) is 0 Å². The summed E-state index contributed by atoms with van der Waals surface area (Å²) in [7, 11) is 1.69. The van der Waals surface area contributed by atoms with Crippen molar-refractivity contribution in [3.8, 4) is 0 Å². The van der Waals surface area contributed by atoms with Crippen LogP contribution in [-0.4, -0.2) is 24.2 Å². The molecule has 2 rings (SSSR count). The molecular weight excluding hydrogens is 234 g/mol. The summed E-state index contributed by atoms with van der Waals surface area (Å²) in [6.45, 7) is 2.00. The van der Waals surface area contributed by atoms with Gasteiger partial charge in [0.25, 0.3) is 0 Å². The second kappa shape index (κ2) is 5.55. The topological polar surface area (TPSA) is 60.2 Å². The van der Waals surface area contributed by atoms with E-state index < -0.39 is 0 Å². The van der Waals surface area contributed by atoms with Gasteiger partial charge in [-0.15, -0.1) is 11.3 Å². The van der Waals surface area contributed by atoms with Gasteiger partial charge < -0.3 is 4.74 Å². The second-order valence-corrected chi connectivity index (χ2v) is 5.11. The first-order valence-corrected chi connectivity index (χ1v) is 6.39. The molecule has 0 radical (unpaired) electrons. The Morgan fingerprint density at radius 3 is 2.88 bits per heavy atom. The minimum Gasteiger partial charge on any atom is -0.380 e. The summed E-state index contributed by atoms with van der Waals surface area (Å²) in [4.78, 5) is 4.58. The number of hydrogen-bond donors (Lipinski definition) is 2. The number of fused-ring (bicyclic) bond motifs is 1. The lowest BCUT2D eigenvalue weighted by Crippen LogP contribution is -2.45. The van der Waals surface area contributed by atoms with E-state index in [2.05, 4.69) is 16.5 Å². The molecule has 1 heterocycles. The van der Waals surface area contributed by atoms with Crippen molar-refractivity contribution >= 4 is 21.6 Å². The maximum atomic E-state index is 5.54. The smallest absolute Gasteiger partial charge is 0.0955 e. The highest BCUT2D eigenvalue weighted by Gasteiger charge is 2.17. The molecule has 3 N–H and O–H groups in total. The van der Waals surface area contributed by atoms with Gasteiger partial charge in [0, 0.05) is 13.5 Å². The third-order valence-electron chi connectivity index (χ3n) is 2.89. The molecule has 92 valence electrons. The van der Waals surface area contributed by atoms with Gasteiger partial charge in [-0.1, -0.05) is 12.1 Å². The van der Waals surface area contributed by atoms with Crippen LogP contribution in [-0.2, 0) is 11.2 Å². The van der Waals surface area contributed by atoms with Crippen LogP contribution in [0.4, 0.5) is 0 Å². The Morgan fingerprint density at radius 2 is 2.24 bits per heavy atom. The van der Waals surface area contributed by atoms with Crippen LogP contribution in [0.25, 0.3) is 10.2 Å². The average Bonchev–Trinajstić information content (AvgIpc) is 2.77. The molecule has 0 saturated carbocycles. The monoisotopic (exact) mass is 251 g/mol. The van der Waals surface area contributed by atoms with Crippen molar-refractivity contribution in [2.75, 3.05) is 7.11 Å². The molecule has 2 aromatic rings. The first kappa shape index (κ1) is 12.4. The van der Waals surface area contributed by atoms with Crippen molar-refractivity contribution in [1.82, 2.24) is 10.4 Å². The van der Waals surface area contributed by atoms with Gasteiger partial charge in [0.15, 0.2) is 0 Å². The van der Waals surface area contributed by atoms with Crippen LogP contribution < -0.4 is 11.3 Å². The Balaban J connectivity index is 2.16. The Hall–Kier alpha value is -1.01. The lowest BCUT2D eigenvalue weighted by atomic mass is 10.1. The SMILES string of the molecule is COC(C)C(Cc1nc2ccccc2s1)NN. The zero-order valence-electron chi connectivity index (χ0n) is 10.0. The Bertz CT molecular complexity index is 452. The third kappa shape index (κ3) is 2.81. The highest BCUT2D eigenvalue weighted by atomic mass is 32.1. The van der Waals surface area contributed by atoms with Crippen LogP contribution >= 0.6 is 11.3 Å². The number of hydrazine groups is 1. The lowest BCUT2D eigenvalue weighted by Gasteiger charge is -2.20. The van der Waals surface area contributed by atoms with Crippen molar-refractivity contribution in [2.24, 2.45) is 5.84 Å². The van der Waals surface area contributed by atoms with Gasteiger partial charge in [-0.3, -0.25) is 11.3 Å². The maximum Gasteiger partial charge on any atom is 0.0955 e. The average molecular weight is 251 g/mol. The fraction of sp³-hybridized carbons (Fsp3) is 0.417. The number of methoxy groups -OCH3 is 1. The van der Waals surface area contributed by atoms with Gasteiger partial charge in [0.2, 0.25) is 0 Å². The first-order valence-electron chi connectivity index (χ1n) is 5.58. The predicted molar refractivity (Wildman–Crippen MR) is 70.9 cm³/mol. The zero-order chi connectivity index (χ0) is 12.3. The van der Waals surface area contributed by atoms with E-state index in [9.17, 15) is 0 Å². The predicted octanol–water partition coefficient (Wildman–Crippen LogP) is 1.71. The summed E-state index contributed by atoms with van der Waals surface area (Å²) in [6.07, 6.45) is 0.845. The van der Waals surface area contributed by atoms with Crippen LogP contribution in [0.2, 0.25) is 0 Å². The van der Waals surface area contributed by atoms with Gasteiger partial charge >= 0.3 is 0 Å². The van der Waals surface area contributed by atoms with Crippen LogP contribution in [0.5, 0.6) is 0 Å². The molecular formula is C12H17N3OS. The number of thiazole rings is 1. The molecule has 5 heteroatoms. The molecule has 17 heavy (non-hydrogen) atoms. The van der Waals surface area contributed by atoms with Crippen molar-refractivity contribution in [2.45, 2.75) is 25.5 Å². The summed E-state index contributed by atoms with van der Waals surface area (Å²) in [5, 5.41) is 1.08. The lowest BCUT2D eigenvalue weighted by molar-refractivity contribution is 0.0831. The number of hydrogen-bond acceptors (Lipinski definition) is 5. The number of para-hydroxylation sites is 1. The molecule has 1 aromatic heterocycles. The third-order valence-corrected chi connectivity index (χ3v) is 3.94. The fourth-order valence-corrected chi connectivity index (χ4v) is 2.75. The molecule has 0 spiro atoms. The minimum absolute atomic E-state index is 0.0620. The largest absolute Gasteiger partial charge is 0.380 e. The van der Waals surface area contributed by atoms with Crippen molar-refractivity contribution < 1.29 is 4.74 Å². The highest BCUT2D eigenvalue weighted by molar-refractivity contribution is 7.18. The Morgan fingerprint density at radius 1 is 1.47 bits per heavy atom. The van der Waals surface area contributed by atoms with E-state index >= 15 is 0 Å². The molecule has 0 aliphatic rings. The molecule has 1 aromatic carbocycles. The first-order chi connectivity index (χ1) is 8.24. The molecule has 2 unspecified atom stereocenters. The summed E-state index contributed by atoms with van der Waals surface area (Å²) in [5.74, 6) is 5.54. The van der Waals surface area contributed by atoms with E-state index in [1.54, 1.807) is 18.4 Å². The number of ether oxygens (including phenoxy) is 1. The van der Waals surface area contributed by atoms with E-state index in [0.29, 0.717) is 0 Å². The Kier molecular flexibility index (Phi) is 4.06. The van der Waals surface area contributed by atoms with Gasteiger partial charge in [-0.05, 0) is 19.1 Å². The van der Waals surface area contributed by atoms with Crippen LogP contribution in [0, 0.1) is 0 Å². The number of aromatic nitrogens is 1. The number of rotatable bonds is 5. The molecule has 0 amide bonds. The van der Waals surface area contributed by atoms with Crippen molar-refractivity contribution in [3.05, 3.63) is 29.3 Å². The number of nitrogens with one attached hydrogen (secondary N) is 1. The van der Waals surface area contributed by atoms with E-state index in [-0.39, 0.29) is 12.1 Å². The Labute approximate surface area is 105 Å². The summed E-state index contributed by atoms with van der Waals surface area (Å²) < 4.78 is 6.50. The normalized spacial score (nSPS) is 15.0. The van der Waals surface area contributed by atoms with Crippen molar-refractivity contribution in [1.29, 1.82) is 0 Å². The van der Waals surface area contributed by atoms with Crippen LogP contribution in [0.1, 0.15) is 11.9 Å². The van der Waals surface area contributed by atoms with Crippen LogP contribution in [0.15, 0.2) is 24.3 Å². The number of benzene rings is 1. The quantitative estimate of drug-likeness (QED) is 0.627. The van der Waals surface area contributed by atoms with E-state index in [0.717, 1.165) is 16.9 Å². The number of nitrogens with two attached hydrogens (primary N) is 1.